The molecule has 0 bridgehead atoms. The maximum absolute atomic E-state index is 5.91. The molecule has 0 aromatic carbocycles. The predicted octanol–water partition coefficient (Wildman–Crippen LogP) is -0.330. The molecular formula is C10H19N3O2. The first-order valence-corrected chi connectivity index (χ1v) is 5.56. The molecule has 2 aliphatic rings. The van der Waals surface area contributed by atoms with Crippen molar-refractivity contribution in [2.45, 2.75) is 6.42 Å². The average molecular weight is 213 g/mol. The maximum Gasteiger partial charge on any atom is 0.191 e. The molecule has 0 aromatic rings. The van der Waals surface area contributed by atoms with E-state index in [1.807, 2.05) is 0 Å². The van der Waals surface area contributed by atoms with Crippen LogP contribution in [0, 0.1) is 5.92 Å². The molecular weight excluding hydrogens is 194 g/mol. The molecule has 1 atom stereocenters. The normalized spacial score (nSPS) is 28.4. The molecule has 5 heteroatoms. The van der Waals surface area contributed by atoms with E-state index in [-0.39, 0.29) is 0 Å². The lowest BCUT2D eigenvalue weighted by molar-refractivity contribution is 0.0674. The topological polar surface area (TPSA) is 60.1 Å². The quantitative estimate of drug-likeness (QED) is 0.504. The van der Waals surface area contributed by atoms with Crippen LogP contribution in [-0.4, -0.2) is 56.9 Å². The number of aliphatic imine (C=N–C) groups is 1. The fourth-order valence-corrected chi connectivity index (χ4v) is 1.84. The molecule has 0 aliphatic carbocycles. The molecule has 0 radical (unpaired) electrons. The highest BCUT2D eigenvalue weighted by Gasteiger charge is 2.16. The van der Waals surface area contributed by atoms with Crippen molar-refractivity contribution in [1.82, 2.24) is 4.90 Å². The van der Waals surface area contributed by atoms with Gasteiger partial charge < -0.3 is 20.1 Å². The van der Waals surface area contributed by atoms with Gasteiger partial charge in [-0.15, -0.1) is 0 Å². The zero-order valence-corrected chi connectivity index (χ0v) is 9.02. The number of hydrogen-bond donors (Lipinski definition) is 1. The van der Waals surface area contributed by atoms with E-state index in [0.717, 1.165) is 52.5 Å². The van der Waals surface area contributed by atoms with Gasteiger partial charge in [-0.2, -0.15) is 0 Å². The van der Waals surface area contributed by atoms with Gasteiger partial charge in [0.15, 0.2) is 5.96 Å². The Morgan fingerprint density at radius 3 is 2.73 bits per heavy atom. The number of rotatable bonds is 2. The van der Waals surface area contributed by atoms with Crippen LogP contribution in [0.1, 0.15) is 6.42 Å². The van der Waals surface area contributed by atoms with Crippen LogP contribution in [-0.2, 0) is 9.47 Å². The van der Waals surface area contributed by atoms with Gasteiger partial charge in [0, 0.05) is 32.2 Å². The first kappa shape index (κ1) is 10.7. The second-order valence-corrected chi connectivity index (χ2v) is 4.03. The summed E-state index contributed by atoms with van der Waals surface area (Å²) in [5.74, 6) is 1.22. The monoisotopic (exact) mass is 213 g/mol. The van der Waals surface area contributed by atoms with Crippen LogP contribution in [0.5, 0.6) is 0 Å². The molecule has 2 saturated heterocycles. The second-order valence-electron chi connectivity index (χ2n) is 4.03. The van der Waals surface area contributed by atoms with Crippen LogP contribution in [0.2, 0.25) is 0 Å². The summed E-state index contributed by atoms with van der Waals surface area (Å²) in [4.78, 5) is 6.50. The summed E-state index contributed by atoms with van der Waals surface area (Å²) in [5, 5.41) is 0. The highest BCUT2D eigenvalue weighted by Crippen LogP contribution is 2.12. The third-order valence-electron chi connectivity index (χ3n) is 2.87. The number of ether oxygens (including phenoxy) is 2. The lowest BCUT2D eigenvalue weighted by Crippen LogP contribution is -2.45. The fourth-order valence-electron chi connectivity index (χ4n) is 1.84. The average Bonchev–Trinajstić information content (AvgIpc) is 2.80. The zero-order valence-electron chi connectivity index (χ0n) is 9.02. The van der Waals surface area contributed by atoms with E-state index in [1.54, 1.807) is 0 Å². The third kappa shape index (κ3) is 3.07. The fraction of sp³-hybridized carbons (Fsp3) is 0.900. The van der Waals surface area contributed by atoms with Crippen LogP contribution in [0.3, 0.4) is 0 Å². The summed E-state index contributed by atoms with van der Waals surface area (Å²) < 4.78 is 10.5. The van der Waals surface area contributed by atoms with Gasteiger partial charge >= 0.3 is 0 Å². The molecule has 5 nitrogen and oxygen atoms in total. The van der Waals surface area contributed by atoms with E-state index in [9.17, 15) is 0 Å². The molecule has 0 saturated carbocycles. The first-order chi connectivity index (χ1) is 7.36. The molecule has 2 N–H and O–H groups in total. The standard InChI is InChI=1S/C10H19N3O2/c11-10(13-2-5-14-6-3-13)12-7-9-1-4-15-8-9/h9H,1-8H2,(H2,11,12). The predicted molar refractivity (Wildman–Crippen MR) is 57.8 cm³/mol. The molecule has 0 aromatic heterocycles. The first-order valence-electron chi connectivity index (χ1n) is 5.56. The minimum absolute atomic E-state index is 0.560. The summed E-state index contributed by atoms with van der Waals surface area (Å²) in [7, 11) is 0. The Hall–Kier alpha value is -0.810. The van der Waals surface area contributed by atoms with Crippen molar-refractivity contribution in [1.29, 1.82) is 0 Å². The van der Waals surface area contributed by atoms with Gasteiger partial charge in [-0.3, -0.25) is 4.99 Å². The minimum atomic E-state index is 0.560. The summed E-state index contributed by atoms with van der Waals surface area (Å²) in [6.45, 7) is 5.72. The van der Waals surface area contributed by atoms with Crippen LogP contribution in [0.15, 0.2) is 4.99 Å². The van der Waals surface area contributed by atoms with Crippen molar-refractivity contribution in [3.63, 3.8) is 0 Å². The van der Waals surface area contributed by atoms with Crippen LogP contribution >= 0.6 is 0 Å². The highest BCUT2D eigenvalue weighted by molar-refractivity contribution is 5.78. The number of guanidine groups is 1. The molecule has 2 aliphatic heterocycles. The summed E-state index contributed by atoms with van der Waals surface area (Å²) in [6.07, 6.45) is 1.11. The van der Waals surface area contributed by atoms with Crippen molar-refractivity contribution in [2.75, 3.05) is 46.1 Å². The maximum atomic E-state index is 5.91. The number of hydrogen-bond acceptors (Lipinski definition) is 3. The Balaban J connectivity index is 1.77. The Morgan fingerprint density at radius 1 is 1.27 bits per heavy atom. The van der Waals surface area contributed by atoms with Gasteiger partial charge in [-0.1, -0.05) is 0 Å². The molecule has 2 rings (SSSR count). The van der Waals surface area contributed by atoms with Gasteiger partial charge in [0.25, 0.3) is 0 Å². The van der Waals surface area contributed by atoms with Crippen LogP contribution in [0.4, 0.5) is 0 Å². The molecule has 0 amide bonds. The summed E-state index contributed by atoms with van der Waals surface area (Å²) >= 11 is 0. The molecule has 2 heterocycles. The highest BCUT2D eigenvalue weighted by atomic mass is 16.5. The third-order valence-corrected chi connectivity index (χ3v) is 2.87. The SMILES string of the molecule is NC(=NCC1CCOC1)N1CCOCC1. The molecule has 15 heavy (non-hydrogen) atoms. The smallest absolute Gasteiger partial charge is 0.191 e. The largest absolute Gasteiger partial charge is 0.381 e. The van der Waals surface area contributed by atoms with Gasteiger partial charge in [-0.05, 0) is 6.42 Å². The Morgan fingerprint density at radius 2 is 2.07 bits per heavy atom. The van der Waals surface area contributed by atoms with Gasteiger partial charge in [0.1, 0.15) is 0 Å². The van der Waals surface area contributed by atoms with E-state index in [4.69, 9.17) is 15.2 Å². The molecule has 2 fully saturated rings. The summed E-state index contributed by atoms with van der Waals surface area (Å²) in [5.41, 5.74) is 5.91. The van der Waals surface area contributed by atoms with E-state index in [0.29, 0.717) is 11.9 Å². The number of nitrogens with zero attached hydrogens (tertiary/aromatic N) is 2. The molecule has 1 unspecified atom stereocenters. The lowest BCUT2D eigenvalue weighted by Gasteiger charge is -2.27. The van der Waals surface area contributed by atoms with Crippen LogP contribution in [0.25, 0.3) is 0 Å². The van der Waals surface area contributed by atoms with Crippen LogP contribution < -0.4 is 5.73 Å². The minimum Gasteiger partial charge on any atom is -0.381 e. The van der Waals surface area contributed by atoms with Crippen molar-refractivity contribution in [3.8, 4) is 0 Å². The van der Waals surface area contributed by atoms with E-state index in [2.05, 4.69) is 9.89 Å². The lowest BCUT2D eigenvalue weighted by atomic mass is 10.1. The summed E-state index contributed by atoms with van der Waals surface area (Å²) in [6, 6.07) is 0. The Bertz CT molecular complexity index is 221. The van der Waals surface area contributed by atoms with E-state index < -0.39 is 0 Å². The number of nitrogens with two attached hydrogens (primary N) is 1. The van der Waals surface area contributed by atoms with E-state index in [1.165, 1.54) is 0 Å². The number of morpholine rings is 1. The molecule has 86 valence electrons. The van der Waals surface area contributed by atoms with Crippen molar-refractivity contribution in [3.05, 3.63) is 0 Å². The van der Waals surface area contributed by atoms with Crippen molar-refractivity contribution < 1.29 is 9.47 Å². The van der Waals surface area contributed by atoms with Gasteiger partial charge in [0.05, 0.1) is 19.8 Å². The van der Waals surface area contributed by atoms with Crippen molar-refractivity contribution in [2.24, 2.45) is 16.6 Å². The van der Waals surface area contributed by atoms with Gasteiger partial charge in [0.2, 0.25) is 0 Å². The molecule has 0 spiro atoms. The van der Waals surface area contributed by atoms with E-state index >= 15 is 0 Å². The second kappa shape index (κ2) is 5.32. The Kier molecular flexibility index (Phi) is 3.80. The van der Waals surface area contributed by atoms with Gasteiger partial charge in [-0.25, -0.2) is 0 Å². The van der Waals surface area contributed by atoms with Crippen molar-refractivity contribution >= 4 is 5.96 Å². The zero-order chi connectivity index (χ0) is 10.5. The Labute approximate surface area is 90.2 Å².